The molecule has 19 heavy (non-hydrogen) atoms. The SMILES string of the molecule is CCOC(c1nc(N)c(I)c(C(C)C)n1)C(C)(C)C. The average molecular weight is 377 g/mol. The van der Waals surface area contributed by atoms with Crippen LogP contribution in [0.4, 0.5) is 5.82 Å². The molecule has 108 valence electrons. The van der Waals surface area contributed by atoms with Crippen molar-refractivity contribution >= 4 is 28.4 Å². The lowest BCUT2D eigenvalue weighted by molar-refractivity contribution is -0.0192. The van der Waals surface area contributed by atoms with Gasteiger partial charge in [-0.2, -0.15) is 0 Å². The van der Waals surface area contributed by atoms with Gasteiger partial charge in [-0.05, 0) is 40.8 Å². The van der Waals surface area contributed by atoms with E-state index in [0.29, 0.717) is 24.2 Å². The molecule has 2 N–H and O–H groups in total. The lowest BCUT2D eigenvalue weighted by Crippen LogP contribution is -2.25. The molecule has 4 nitrogen and oxygen atoms in total. The summed E-state index contributed by atoms with van der Waals surface area (Å²) in [6, 6.07) is 0. The molecule has 1 atom stereocenters. The highest BCUT2D eigenvalue weighted by atomic mass is 127. The normalized spacial score (nSPS) is 13.9. The average Bonchev–Trinajstić information content (AvgIpc) is 2.27. The summed E-state index contributed by atoms with van der Waals surface area (Å²) in [5, 5.41) is 0. The molecule has 1 aromatic rings. The van der Waals surface area contributed by atoms with E-state index in [1.807, 2.05) is 6.92 Å². The Kier molecular flexibility index (Phi) is 5.55. The van der Waals surface area contributed by atoms with Crippen LogP contribution in [0.1, 0.15) is 65.1 Å². The fourth-order valence-electron chi connectivity index (χ4n) is 1.88. The van der Waals surface area contributed by atoms with Crippen molar-refractivity contribution < 1.29 is 4.74 Å². The van der Waals surface area contributed by atoms with E-state index >= 15 is 0 Å². The van der Waals surface area contributed by atoms with Crippen LogP contribution in [0.25, 0.3) is 0 Å². The number of nitrogens with two attached hydrogens (primary N) is 1. The summed E-state index contributed by atoms with van der Waals surface area (Å²) in [4.78, 5) is 9.13. The summed E-state index contributed by atoms with van der Waals surface area (Å²) in [6.07, 6.45) is -0.144. The molecule has 1 heterocycles. The monoisotopic (exact) mass is 377 g/mol. The number of ether oxygens (including phenoxy) is 1. The van der Waals surface area contributed by atoms with Gasteiger partial charge in [-0.3, -0.25) is 0 Å². The van der Waals surface area contributed by atoms with Gasteiger partial charge in [0.05, 0.1) is 9.26 Å². The molecule has 0 aliphatic rings. The number of halogens is 1. The quantitative estimate of drug-likeness (QED) is 0.809. The van der Waals surface area contributed by atoms with Crippen molar-refractivity contribution in [3.05, 3.63) is 15.1 Å². The van der Waals surface area contributed by atoms with Crippen LogP contribution in [0.2, 0.25) is 0 Å². The van der Waals surface area contributed by atoms with Gasteiger partial charge < -0.3 is 10.5 Å². The molecule has 1 rings (SSSR count). The van der Waals surface area contributed by atoms with Crippen LogP contribution in [0.5, 0.6) is 0 Å². The van der Waals surface area contributed by atoms with E-state index in [9.17, 15) is 0 Å². The zero-order valence-corrected chi connectivity index (χ0v) is 14.8. The third-order valence-electron chi connectivity index (χ3n) is 2.82. The van der Waals surface area contributed by atoms with Crippen molar-refractivity contribution in [3.8, 4) is 0 Å². The number of aromatic nitrogens is 2. The number of hydrogen-bond acceptors (Lipinski definition) is 4. The molecular formula is C14H24IN3O. The standard InChI is InChI=1S/C14H24IN3O/c1-7-19-11(14(4,5)6)13-17-10(8(2)3)9(15)12(16)18-13/h8,11H,7H2,1-6H3,(H2,16,17,18). The van der Waals surface area contributed by atoms with E-state index < -0.39 is 0 Å². The molecule has 0 bridgehead atoms. The van der Waals surface area contributed by atoms with Crippen LogP contribution in [0.3, 0.4) is 0 Å². The Labute approximate surface area is 129 Å². The van der Waals surface area contributed by atoms with Crippen molar-refractivity contribution in [2.45, 2.75) is 53.6 Å². The minimum atomic E-state index is -0.144. The van der Waals surface area contributed by atoms with E-state index in [0.717, 1.165) is 9.26 Å². The molecule has 0 fully saturated rings. The van der Waals surface area contributed by atoms with Crippen LogP contribution in [0.15, 0.2) is 0 Å². The molecule has 0 spiro atoms. The van der Waals surface area contributed by atoms with Crippen molar-refractivity contribution in [3.63, 3.8) is 0 Å². The maximum Gasteiger partial charge on any atom is 0.160 e. The molecule has 1 unspecified atom stereocenters. The third kappa shape index (κ3) is 4.02. The van der Waals surface area contributed by atoms with Crippen LogP contribution >= 0.6 is 22.6 Å². The number of nitrogen functional groups attached to an aromatic ring is 1. The molecule has 5 heteroatoms. The lowest BCUT2D eigenvalue weighted by atomic mass is 9.88. The third-order valence-corrected chi connectivity index (χ3v) is 3.93. The predicted molar refractivity (Wildman–Crippen MR) is 87.1 cm³/mol. The zero-order valence-electron chi connectivity index (χ0n) is 12.6. The Morgan fingerprint density at radius 1 is 1.26 bits per heavy atom. The van der Waals surface area contributed by atoms with E-state index in [1.54, 1.807) is 0 Å². The van der Waals surface area contributed by atoms with E-state index in [2.05, 4.69) is 62.2 Å². The summed E-state index contributed by atoms with van der Waals surface area (Å²) < 4.78 is 6.78. The Morgan fingerprint density at radius 3 is 2.26 bits per heavy atom. The minimum Gasteiger partial charge on any atom is -0.383 e. The number of nitrogens with zero attached hydrogens (tertiary/aromatic N) is 2. The zero-order chi connectivity index (χ0) is 14.8. The molecule has 0 amide bonds. The number of hydrogen-bond donors (Lipinski definition) is 1. The van der Waals surface area contributed by atoms with Crippen LogP contribution in [-0.2, 0) is 4.74 Å². The van der Waals surface area contributed by atoms with Gasteiger partial charge in [0.2, 0.25) is 0 Å². The van der Waals surface area contributed by atoms with Gasteiger partial charge in [-0.1, -0.05) is 34.6 Å². The summed E-state index contributed by atoms with van der Waals surface area (Å²) in [7, 11) is 0. The maximum absolute atomic E-state index is 6.02. The molecule has 0 radical (unpaired) electrons. The first-order valence-electron chi connectivity index (χ1n) is 6.62. The summed E-state index contributed by atoms with van der Waals surface area (Å²) in [5.74, 6) is 1.55. The topological polar surface area (TPSA) is 61.0 Å². The molecule has 0 saturated heterocycles. The second-order valence-corrected chi connectivity index (χ2v) is 7.10. The molecular weight excluding hydrogens is 353 g/mol. The molecule has 1 aromatic heterocycles. The summed E-state index contributed by atoms with van der Waals surface area (Å²) in [5.41, 5.74) is 6.95. The molecule has 0 aromatic carbocycles. The largest absolute Gasteiger partial charge is 0.383 e. The van der Waals surface area contributed by atoms with Gasteiger partial charge in [0.25, 0.3) is 0 Å². The highest BCUT2D eigenvalue weighted by molar-refractivity contribution is 14.1. The van der Waals surface area contributed by atoms with Gasteiger partial charge in [0, 0.05) is 6.61 Å². The van der Waals surface area contributed by atoms with Crippen molar-refractivity contribution in [1.82, 2.24) is 9.97 Å². The summed E-state index contributed by atoms with van der Waals surface area (Å²) >= 11 is 2.21. The van der Waals surface area contributed by atoms with Gasteiger partial charge in [-0.25, -0.2) is 9.97 Å². The Morgan fingerprint density at radius 2 is 1.84 bits per heavy atom. The first kappa shape index (κ1) is 16.6. The van der Waals surface area contributed by atoms with E-state index in [-0.39, 0.29) is 11.5 Å². The second kappa shape index (κ2) is 6.35. The minimum absolute atomic E-state index is 0.0660. The fraction of sp³-hybridized carbons (Fsp3) is 0.714. The van der Waals surface area contributed by atoms with Crippen molar-refractivity contribution in [2.24, 2.45) is 5.41 Å². The van der Waals surface area contributed by atoms with Gasteiger partial charge >= 0.3 is 0 Å². The molecule has 0 aliphatic carbocycles. The van der Waals surface area contributed by atoms with Crippen LogP contribution < -0.4 is 5.73 Å². The number of rotatable bonds is 4. The number of anilines is 1. The van der Waals surface area contributed by atoms with Gasteiger partial charge in [0.1, 0.15) is 11.9 Å². The van der Waals surface area contributed by atoms with Crippen molar-refractivity contribution in [1.29, 1.82) is 0 Å². The van der Waals surface area contributed by atoms with Gasteiger partial charge in [-0.15, -0.1) is 0 Å². The highest BCUT2D eigenvalue weighted by Crippen LogP contribution is 2.36. The van der Waals surface area contributed by atoms with E-state index in [1.165, 1.54) is 0 Å². The maximum atomic E-state index is 6.02. The van der Waals surface area contributed by atoms with Crippen LogP contribution in [0, 0.1) is 8.99 Å². The lowest BCUT2D eigenvalue weighted by Gasteiger charge is -2.29. The summed E-state index contributed by atoms with van der Waals surface area (Å²) in [6.45, 7) is 13.2. The smallest absolute Gasteiger partial charge is 0.160 e. The predicted octanol–water partition coefficient (Wildman–Crippen LogP) is 3.91. The van der Waals surface area contributed by atoms with E-state index in [4.69, 9.17) is 15.5 Å². The highest BCUT2D eigenvalue weighted by Gasteiger charge is 2.30. The Hall–Kier alpha value is -0.430. The molecule has 0 aliphatic heterocycles. The second-order valence-electron chi connectivity index (χ2n) is 6.02. The van der Waals surface area contributed by atoms with Crippen molar-refractivity contribution in [2.75, 3.05) is 12.3 Å². The Balaban J connectivity index is 3.32. The first-order chi connectivity index (χ1) is 8.68. The Bertz CT molecular complexity index is 441. The van der Waals surface area contributed by atoms with Gasteiger partial charge in [0.15, 0.2) is 5.82 Å². The fourth-order valence-corrected chi connectivity index (χ4v) is 2.74. The first-order valence-corrected chi connectivity index (χ1v) is 7.70. The van der Waals surface area contributed by atoms with Crippen LogP contribution in [-0.4, -0.2) is 16.6 Å². The molecule has 0 saturated carbocycles.